The third-order valence-electron chi connectivity index (χ3n) is 3.13. The fraction of sp³-hybridized carbons (Fsp3) is 0.350. The summed E-state index contributed by atoms with van der Waals surface area (Å²) in [6, 6.07) is 8.58. The molecular formula is C20H30N2. The molecule has 120 valence electrons. The molecule has 1 aliphatic rings. The van der Waals surface area contributed by atoms with Crippen molar-refractivity contribution in [3.63, 3.8) is 0 Å². The summed E-state index contributed by atoms with van der Waals surface area (Å²) in [5.41, 5.74) is 3.96. The van der Waals surface area contributed by atoms with E-state index in [1.165, 1.54) is 16.8 Å². The number of hydrogen-bond acceptors (Lipinski definition) is 2. The zero-order valence-electron chi connectivity index (χ0n) is 14.7. The highest BCUT2D eigenvalue weighted by Gasteiger charge is 1.94. The number of hydrogen-bond donors (Lipinski definition) is 0. The van der Waals surface area contributed by atoms with E-state index in [1.807, 2.05) is 0 Å². The van der Waals surface area contributed by atoms with Gasteiger partial charge in [-0.2, -0.15) is 0 Å². The van der Waals surface area contributed by atoms with E-state index < -0.39 is 0 Å². The van der Waals surface area contributed by atoms with E-state index in [4.69, 9.17) is 0 Å². The second kappa shape index (κ2) is 12.6. The molecule has 2 heteroatoms. The average Bonchev–Trinajstić information content (AvgIpc) is 2.76. The number of aliphatic imine (C=N–C) groups is 1. The van der Waals surface area contributed by atoms with Crippen molar-refractivity contribution in [3.8, 4) is 0 Å². The Morgan fingerprint density at radius 2 is 1.73 bits per heavy atom. The highest BCUT2D eigenvalue weighted by molar-refractivity contribution is 5.46. The van der Waals surface area contributed by atoms with Gasteiger partial charge in [-0.25, -0.2) is 0 Å². The number of nitrogens with zero attached hydrogens (tertiary/aromatic N) is 2. The van der Waals surface area contributed by atoms with E-state index in [0.717, 1.165) is 13.0 Å². The van der Waals surface area contributed by atoms with Crippen LogP contribution in [0.4, 0.5) is 5.69 Å². The van der Waals surface area contributed by atoms with Crippen LogP contribution in [0.25, 0.3) is 0 Å². The smallest absolute Gasteiger partial charge is 0.0363 e. The molecule has 0 bridgehead atoms. The Kier molecular flexibility index (Phi) is 11.4. The predicted molar refractivity (Wildman–Crippen MR) is 102 cm³/mol. The van der Waals surface area contributed by atoms with Crippen LogP contribution in [-0.2, 0) is 0 Å². The summed E-state index contributed by atoms with van der Waals surface area (Å²) >= 11 is 0. The molecule has 0 saturated carbocycles. The molecule has 0 unspecified atom stereocenters. The van der Waals surface area contributed by atoms with Crippen LogP contribution in [0.3, 0.4) is 0 Å². The monoisotopic (exact) mass is 298 g/mol. The molecule has 0 atom stereocenters. The molecule has 0 amide bonds. The van der Waals surface area contributed by atoms with Crippen LogP contribution in [0, 0.1) is 6.92 Å². The average molecular weight is 298 g/mol. The van der Waals surface area contributed by atoms with E-state index in [-0.39, 0.29) is 0 Å². The molecule has 0 aromatic heterocycles. The minimum absolute atomic E-state index is 1.06. The van der Waals surface area contributed by atoms with Gasteiger partial charge >= 0.3 is 0 Å². The third kappa shape index (κ3) is 9.76. The van der Waals surface area contributed by atoms with Crippen molar-refractivity contribution in [3.05, 3.63) is 65.8 Å². The predicted octanol–water partition coefficient (Wildman–Crippen LogP) is 5.22. The SMILES string of the molecule is C=NC.CC1=CCC=CC=C1.CCN(C)c1ccc(C)cc1. The lowest BCUT2D eigenvalue weighted by Crippen LogP contribution is -2.15. The Labute approximate surface area is 136 Å². The first-order valence-corrected chi connectivity index (χ1v) is 7.67. The van der Waals surface area contributed by atoms with Gasteiger partial charge in [-0.3, -0.25) is 0 Å². The Bertz CT molecular complexity index is 490. The molecule has 2 nitrogen and oxygen atoms in total. The lowest BCUT2D eigenvalue weighted by Gasteiger charge is -2.16. The third-order valence-corrected chi connectivity index (χ3v) is 3.13. The minimum Gasteiger partial charge on any atom is -0.375 e. The van der Waals surface area contributed by atoms with Gasteiger partial charge in [0.1, 0.15) is 0 Å². The Morgan fingerprint density at radius 1 is 1.14 bits per heavy atom. The first kappa shape index (κ1) is 19.9. The highest BCUT2D eigenvalue weighted by atomic mass is 15.1. The van der Waals surface area contributed by atoms with Crippen molar-refractivity contribution >= 4 is 12.4 Å². The number of aryl methyl sites for hydroxylation is 1. The van der Waals surface area contributed by atoms with Gasteiger partial charge in [-0.15, -0.1) is 0 Å². The molecule has 0 radical (unpaired) electrons. The standard InChI is InChI=1S/C10H15N.C8H10.C2H5N/c1-4-11(3)10-7-5-9(2)6-8-10;1-8-6-4-2-3-5-7-8;1-3-2/h5-8H,4H2,1-3H3;2-4,6-7H,5H2,1H3;1H2,2H3. The first-order valence-electron chi connectivity index (χ1n) is 7.67. The Hall–Kier alpha value is -2.09. The molecule has 0 saturated heterocycles. The van der Waals surface area contributed by atoms with E-state index in [9.17, 15) is 0 Å². The van der Waals surface area contributed by atoms with Gasteiger partial charge in [-0.05, 0) is 46.0 Å². The number of benzene rings is 1. The maximum Gasteiger partial charge on any atom is 0.0363 e. The Morgan fingerprint density at radius 3 is 2.27 bits per heavy atom. The fourth-order valence-corrected chi connectivity index (χ4v) is 1.67. The summed E-state index contributed by atoms with van der Waals surface area (Å²) in [6.07, 6.45) is 11.7. The summed E-state index contributed by atoms with van der Waals surface area (Å²) in [7, 11) is 3.74. The molecule has 0 N–H and O–H groups in total. The van der Waals surface area contributed by atoms with Gasteiger partial charge in [0.15, 0.2) is 0 Å². The maximum atomic E-state index is 3.25. The summed E-state index contributed by atoms with van der Waals surface area (Å²) in [4.78, 5) is 5.47. The van der Waals surface area contributed by atoms with Crippen LogP contribution in [0.15, 0.2) is 65.2 Å². The molecule has 1 aromatic rings. The van der Waals surface area contributed by atoms with Crippen molar-refractivity contribution in [2.24, 2.45) is 4.99 Å². The summed E-state index contributed by atoms with van der Waals surface area (Å²) in [6.45, 7) is 10.5. The van der Waals surface area contributed by atoms with Gasteiger partial charge in [0.2, 0.25) is 0 Å². The zero-order chi connectivity index (χ0) is 16.8. The fourth-order valence-electron chi connectivity index (χ4n) is 1.67. The van der Waals surface area contributed by atoms with Crippen molar-refractivity contribution < 1.29 is 0 Å². The molecule has 0 heterocycles. The Balaban J connectivity index is 0.000000352. The molecule has 1 aromatic carbocycles. The maximum absolute atomic E-state index is 3.25. The van der Waals surface area contributed by atoms with Crippen LogP contribution >= 0.6 is 0 Å². The lowest BCUT2D eigenvalue weighted by molar-refractivity contribution is 0.968. The number of allylic oxidation sites excluding steroid dienone is 6. The van der Waals surface area contributed by atoms with E-state index in [2.05, 4.69) is 99.1 Å². The van der Waals surface area contributed by atoms with Crippen LogP contribution in [-0.4, -0.2) is 27.4 Å². The molecule has 2 rings (SSSR count). The molecule has 22 heavy (non-hydrogen) atoms. The summed E-state index contributed by atoms with van der Waals surface area (Å²) in [5, 5.41) is 0. The lowest BCUT2D eigenvalue weighted by atomic mass is 10.2. The molecule has 0 fully saturated rings. The zero-order valence-corrected chi connectivity index (χ0v) is 14.7. The van der Waals surface area contributed by atoms with Gasteiger partial charge in [-0.1, -0.05) is 53.6 Å². The molecule has 0 aliphatic heterocycles. The van der Waals surface area contributed by atoms with Crippen LogP contribution in [0.5, 0.6) is 0 Å². The topological polar surface area (TPSA) is 15.6 Å². The van der Waals surface area contributed by atoms with Gasteiger partial charge < -0.3 is 9.89 Å². The summed E-state index contributed by atoms with van der Waals surface area (Å²) in [5.74, 6) is 0. The second-order valence-electron chi connectivity index (χ2n) is 5.14. The second-order valence-corrected chi connectivity index (χ2v) is 5.14. The molecule has 0 spiro atoms. The van der Waals surface area contributed by atoms with Crippen molar-refractivity contribution in [2.45, 2.75) is 27.2 Å². The van der Waals surface area contributed by atoms with Crippen molar-refractivity contribution in [1.82, 2.24) is 0 Å². The van der Waals surface area contributed by atoms with Crippen molar-refractivity contribution in [2.75, 3.05) is 25.5 Å². The largest absolute Gasteiger partial charge is 0.375 e. The van der Waals surface area contributed by atoms with Gasteiger partial charge in [0.05, 0.1) is 0 Å². The number of anilines is 1. The van der Waals surface area contributed by atoms with Crippen LogP contribution < -0.4 is 4.90 Å². The summed E-state index contributed by atoms with van der Waals surface area (Å²) < 4.78 is 0. The van der Waals surface area contributed by atoms with E-state index in [0.29, 0.717) is 0 Å². The van der Waals surface area contributed by atoms with E-state index in [1.54, 1.807) is 7.05 Å². The van der Waals surface area contributed by atoms with Gasteiger partial charge in [0.25, 0.3) is 0 Å². The number of rotatable bonds is 2. The van der Waals surface area contributed by atoms with E-state index >= 15 is 0 Å². The normalized spacial score (nSPS) is 12.0. The van der Waals surface area contributed by atoms with Gasteiger partial charge in [0, 0.05) is 26.3 Å². The minimum atomic E-state index is 1.06. The highest BCUT2D eigenvalue weighted by Crippen LogP contribution is 2.12. The van der Waals surface area contributed by atoms with Crippen LogP contribution in [0.2, 0.25) is 0 Å². The molecular weight excluding hydrogens is 268 g/mol. The molecule has 1 aliphatic carbocycles. The van der Waals surface area contributed by atoms with Crippen molar-refractivity contribution in [1.29, 1.82) is 0 Å². The first-order chi connectivity index (χ1) is 10.5. The quantitative estimate of drug-likeness (QED) is 0.684. The van der Waals surface area contributed by atoms with Crippen LogP contribution in [0.1, 0.15) is 25.8 Å².